The number of benzene rings is 4. The van der Waals surface area contributed by atoms with E-state index in [0.717, 1.165) is 15.4 Å². The van der Waals surface area contributed by atoms with Crippen molar-refractivity contribution in [3.05, 3.63) is 199 Å². The van der Waals surface area contributed by atoms with Gasteiger partial charge in [0.15, 0.2) is 11.6 Å². The highest BCUT2D eigenvalue weighted by Crippen LogP contribution is 2.27. The molecule has 4 aromatic heterocycles. The predicted octanol–water partition coefficient (Wildman–Crippen LogP) is 12.9. The van der Waals surface area contributed by atoms with E-state index in [1.165, 1.54) is 47.9 Å². The third kappa shape index (κ3) is 20.9. The molecule has 2 N–H and O–H groups in total. The molecule has 0 saturated carbocycles. The Morgan fingerprint density at radius 2 is 1.09 bits per heavy atom. The van der Waals surface area contributed by atoms with Gasteiger partial charge in [-0.05, 0) is 120 Å². The maximum absolute atomic E-state index is 14.2. The van der Waals surface area contributed by atoms with Gasteiger partial charge in [0.1, 0.15) is 55.0 Å². The number of thiol groups is 1. The normalized spacial score (nSPS) is 10.5. The third-order valence-electron chi connectivity index (χ3n) is 12.4. The molecule has 22 heteroatoms. The van der Waals surface area contributed by atoms with Crippen LogP contribution in [0.4, 0.5) is 8.78 Å². The number of carbonyl (C=O) groups is 6. The summed E-state index contributed by atoms with van der Waals surface area (Å²) in [5.74, 6) is 5.66. The lowest BCUT2D eigenvalue weighted by molar-refractivity contribution is -0.138. The molecule has 448 valence electrons. The maximum atomic E-state index is 14.2. The van der Waals surface area contributed by atoms with Gasteiger partial charge in [-0.25, -0.2) is 18.7 Å². The van der Waals surface area contributed by atoms with E-state index < -0.39 is 30.5 Å². The first-order valence-electron chi connectivity index (χ1n) is 26.2. The molecule has 0 saturated heterocycles. The second-order valence-electron chi connectivity index (χ2n) is 19.3. The second-order valence-corrected chi connectivity index (χ2v) is 23.7. The molecule has 8 aromatic rings. The van der Waals surface area contributed by atoms with Crippen LogP contribution in [0, 0.1) is 35.8 Å². The molecule has 4 heterocycles. The maximum Gasteiger partial charge on any atom is 0.404 e. The Kier molecular flexibility index (Phi) is 28.0. The number of nitrogens with zero attached hydrogens (tertiary/aromatic N) is 6. The zero-order valence-corrected chi connectivity index (χ0v) is 52.4. The lowest BCUT2D eigenvalue weighted by Crippen LogP contribution is -2.45. The number of halogens is 5. The average molecular weight is 1310 g/mol. The van der Waals surface area contributed by atoms with Gasteiger partial charge in [0.25, 0.3) is 0 Å². The molecular weight excluding hydrogens is 1240 g/mol. The number of terminal acetylenes is 1. The van der Waals surface area contributed by atoms with E-state index in [2.05, 4.69) is 66.5 Å². The summed E-state index contributed by atoms with van der Waals surface area (Å²) in [7, 11) is -1.18. The first-order chi connectivity index (χ1) is 40.4. The number of hydrogen-bond donors (Lipinski definition) is 3. The smallest absolute Gasteiger partial charge is 0.350 e. The zero-order valence-electron chi connectivity index (χ0n) is 47.5. The Bertz CT molecular complexity index is 3850. The fraction of sp³-hybridized carbons (Fsp3) is 0.250. The third-order valence-corrected chi connectivity index (χ3v) is 13.5. The molecule has 0 aliphatic heterocycles. The van der Waals surface area contributed by atoms with Crippen LogP contribution >= 0.6 is 58.4 Å². The number of Topliss-reactive ketones (excluding diaryl/α,β-unsaturated/α-hetero) is 2. The molecule has 8 rings (SSSR count). The lowest BCUT2D eigenvalue weighted by Gasteiger charge is -2.26. The van der Waals surface area contributed by atoms with Gasteiger partial charge in [0.05, 0.1) is 23.1 Å². The highest BCUT2D eigenvalue weighted by Gasteiger charge is 2.25. The summed E-state index contributed by atoms with van der Waals surface area (Å²) in [6.07, 6.45) is 11.7. The summed E-state index contributed by atoms with van der Waals surface area (Å²) in [4.78, 5) is 87.1. The van der Waals surface area contributed by atoms with E-state index >= 15 is 0 Å². The molecule has 0 aliphatic carbocycles. The number of ketones is 2. The van der Waals surface area contributed by atoms with Crippen molar-refractivity contribution in [2.75, 3.05) is 19.8 Å². The number of nitrogens with one attached hydrogen (secondary N) is 2. The zero-order chi connectivity index (χ0) is 62.5. The van der Waals surface area contributed by atoms with Gasteiger partial charge < -0.3 is 29.6 Å². The Morgan fingerprint density at radius 3 is 1.49 bits per heavy atom. The molecule has 86 heavy (non-hydrogen) atoms. The first-order valence-corrected chi connectivity index (χ1v) is 30.6. The minimum atomic E-state index is -1.18. The molecule has 0 aliphatic rings. The molecule has 0 fully saturated rings. The van der Waals surface area contributed by atoms with Crippen LogP contribution < -0.4 is 10.6 Å². The highest BCUT2D eigenvalue weighted by atomic mass is 79.9. The minimum absolute atomic E-state index is 0. The highest BCUT2D eigenvalue weighted by molar-refractivity contribution is 9.10. The van der Waals surface area contributed by atoms with Crippen molar-refractivity contribution in [2.45, 2.75) is 87.2 Å². The van der Waals surface area contributed by atoms with E-state index in [1.807, 2.05) is 94.4 Å². The molecular formula is C64H65BrCl2F2N8O7PS+. The van der Waals surface area contributed by atoms with E-state index in [0.29, 0.717) is 39.0 Å². The average Bonchev–Trinajstić information content (AvgIpc) is 1.96. The van der Waals surface area contributed by atoms with Gasteiger partial charge in [0, 0.05) is 104 Å². The van der Waals surface area contributed by atoms with Crippen molar-refractivity contribution in [3.8, 4) is 24.2 Å². The second kappa shape index (κ2) is 34.2. The van der Waals surface area contributed by atoms with Crippen molar-refractivity contribution in [1.29, 1.82) is 0 Å². The molecule has 0 spiro atoms. The van der Waals surface area contributed by atoms with Crippen LogP contribution in [0.15, 0.2) is 138 Å². The Morgan fingerprint density at radius 1 is 0.663 bits per heavy atom. The van der Waals surface area contributed by atoms with Gasteiger partial charge >= 0.3 is 7.00 Å². The van der Waals surface area contributed by atoms with Gasteiger partial charge in [-0.3, -0.25) is 28.8 Å². The molecule has 0 bridgehead atoms. The predicted molar refractivity (Wildman–Crippen MR) is 343 cm³/mol. The molecule has 4 amide bonds. The van der Waals surface area contributed by atoms with E-state index in [4.69, 9.17) is 29.6 Å². The quantitative estimate of drug-likeness (QED) is 0.0366. The van der Waals surface area contributed by atoms with Crippen LogP contribution in [0.3, 0.4) is 0 Å². The van der Waals surface area contributed by atoms with E-state index in [9.17, 15) is 42.1 Å². The summed E-state index contributed by atoms with van der Waals surface area (Å²) >= 11 is 18.5. The van der Waals surface area contributed by atoms with Gasteiger partial charge in [-0.1, -0.05) is 99.4 Å². The van der Waals surface area contributed by atoms with Crippen molar-refractivity contribution in [3.63, 3.8) is 0 Å². The van der Waals surface area contributed by atoms with Gasteiger partial charge in [0.2, 0.25) is 23.6 Å². The fourth-order valence-electron chi connectivity index (χ4n) is 8.26. The number of carbonyl (C=O) groups excluding carboxylic acids is 6. The number of pyridine rings is 2. The summed E-state index contributed by atoms with van der Waals surface area (Å²) in [5, 5.41) is 6.68. The topological polar surface area (TPSA) is 186 Å². The summed E-state index contributed by atoms with van der Waals surface area (Å²) in [6.45, 7) is 11.2. The molecule has 4 aromatic carbocycles. The SMILES string of the molecule is C.C#Cc1ccccn1.CC(=O)c1cn(CC(=O)N(CC(=O)NCc2cccc(Cl)c2F)C(C)C)c2ccc(Br)cc12.CC(=O)c1cn(CC(=O)N(CC(=O)NCc2cccc(Cl)c2F)C(C)C)c2ccc(C#Cc3ccccn3)cc12.C[P+](=O)S. The van der Waals surface area contributed by atoms with Crippen LogP contribution in [0.5, 0.6) is 0 Å². The Balaban J connectivity index is 0.000000309. The lowest BCUT2D eigenvalue weighted by atomic mass is 10.1. The minimum Gasteiger partial charge on any atom is -0.350 e. The summed E-state index contributed by atoms with van der Waals surface area (Å²) in [5.41, 5.74) is 5.00. The largest absolute Gasteiger partial charge is 0.404 e. The van der Waals surface area contributed by atoms with E-state index in [1.54, 1.807) is 58.8 Å². The van der Waals surface area contributed by atoms with Crippen LogP contribution in [0.2, 0.25) is 10.0 Å². The molecule has 1 unspecified atom stereocenters. The van der Waals surface area contributed by atoms with Crippen molar-refractivity contribution < 1.29 is 42.1 Å². The number of fused-ring (bicyclic) bond motifs is 2. The summed E-state index contributed by atoms with van der Waals surface area (Å²) in [6, 6.07) is 30.6. The van der Waals surface area contributed by atoms with Gasteiger partial charge in [-0.2, -0.15) is 0 Å². The van der Waals surface area contributed by atoms with Crippen molar-refractivity contribution in [2.24, 2.45) is 0 Å². The number of rotatable bonds is 16. The molecule has 0 radical (unpaired) electrons. The van der Waals surface area contributed by atoms with Gasteiger partial charge in [-0.15, -0.1) is 6.42 Å². The van der Waals surface area contributed by atoms with Crippen LogP contribution in [0.25, 0.3) is 21.8 Å². The summed E-state index contributed by atoms with van der Waals surface area (Å²) < 4.78 is 41.9. The standard InChI is InChI=1S/C31H28ClFN4O3.C24H24BrClFN3O3.C7H5N.CH3OPS.CH4/c1-20(2)37(18-29(39)35-16-23-7-6-9-27(32)31(23)33)30(40)19-36-17-26(21(3)38)25-15-22(11-13-28(25)36)10-12-24-8-4-5-14-34-24;1-14(2)30(12-22(32)28-10-16-5-4-6-20(26)24(16)27)23(33)13-29-11-19(15(3)31)18-9-17(25)7-8-21(18)29;1-2-7-5-3-4-6-8-7;1-3(2)4;/h4-9,11,13-15,17,20H,16,18-19H2,1-3H3,(H,35,39);4-9,11,14H,10,12-13H2,1-3H3,(H,28,32);1,3-6H;1H3;1H4/p+1. The van der Waals surface area contributed by atoms with Crippen LogP contribution in [-0.2, 0) is 49.9 Å². The Labute approximate surface area is 524 Å². The van der Waals surface area contributed by atoms with Crippen molar-refractivity contribution >= 4 is 115 Å². The number of amides is 4. The van der Waals surface area contributed by atoms with Crippen LogP contribution in [-0.4, -0.2) is 95.9 Å². The Hall–Kier alpha value is -8.03. The van der Waals surface area contributed by atoms with E-state index in [-0.39, 0.29) is 103 Å². The fourth-order valence-corrected chi connectivity index (χ4v) is 9.01. The number of hydrogen-bond acceptors (Lipinski definition) is 9. The number of aromatic nitrogens is 4. The van der Waals surface area contributed by atoms with Crippen LogP contribution in [0.1, 0.15) is 97.8 Å². The van der Waals surface area contributed by atoms with Crippen molar-refractivity contribution in [1.82, 2.24) is 39.5 Å². The molecule has 1 atom stereocenters. The monoisotopic (exact) mass is 1310 g/mol. The first kappa shape index (κ1) is 70.5. The molecule has 15 nitrogen and oxygen atoms in total.